The van der Waals surface area contributed by atoms with Crippen molar-refractivity contribution in [2.45, 2.75) is 94.8 Å². The largest absolute Gasteiger partial charge is 0.490 e. The summed E-state index contributed by atoms with van der Waals surface area (Å²) in [4.78, 5) is 18.4. The number of sulfonamides is 1. The van der Waals surface area contributed by atoms with Gasteiger partial charge in [0.2, 0.25) is 10.0 Å². The van der Waals surface area contributed by atoms with Crippen molar-refractivity contribution in [2.75, 3.05) is 44.7 Å². The summed E-state index contributed by atoms with van der Waals surface area (Å²) < 4.78 is 36.1. The predicted octanol–water partition coefficient (Wildman–Crippen LogP) is 6.43. The number of ether oxygens (including phenoxy) is 1. The van der Waals surface area contributed by atoms with E-state index in [1.807, 2.05) is 25.1 Å². The molecule has 2 bridgehead atoms. The van der Waals surface area contributed by atoms with Crippen LogP contribution in [0.4, 0.5) is 5.69 Å². The number of hydrogen-bond acceptors (Lipinski definition) is 7. The number of aryl methyl sites for hydroxylation is 1. The maximum atomic E-state index is 13.6. The number of piperidine rings is 1. The van der Waals surface area contributed by atoms with E-state index in [0.29, 0.717) is 29.9 Å². The Balaban J connectivity index is 1.27. The molecule has 5 aliphatic rings. The molecule has 3 heterocycles. The van der Waals surface area contributed by atoms with Gasteiger partial charge >= 0.3 is 0 Å². The molecule has 1 amide bonds. The van der Waals surface area contributed by atoms with E-state index in [4.69, 9.17) is 16.3 Å². The lowest BCUT2D eigenvalue weighted by molar-refractivity contribution is -0.0414. The molecule has 2 fully saturated rings. The fourth-order valence-corrected chi connectivity index (χ4v) is 11.3. The number of rotatable bonds is 2. The Morgan fingerprint density at radius 3 is 2.57 bits per heavy atom. The Kier molecular flexibility index (Phi) is 10.0. The maximum Gasteiger partial charge on any atom is 0.264 e. The highest BCUT2D eigenvalue weighted by Crippen LogP contribution is 2.49. The number of hydrogen-bond donors (Lipinski definition) is 2. The molecule has 2 aromatic carbocycles. The molecule has 7 atom stereocenters. The smallest absolute Gasteiger partial charge is 0.264 e. The van der Waals surface area contributed by atoms with Gasteiger partial charge in [0.1, 0.15) is 5.75 Å². The van der Waals surface area contributed by atoms with Gasteiger partial charge in [-0.05, 0) is 156 Å². The van der Waals surface area contributed by atoms with E-state index in [1.54, 1.807) is 13.0 Å². The van der Waals surface area contributed by atoms with Crippen LogP contribution in [0.5, 0.6) is 5.75 Å². The van der Waals surface area contributed by atoms with Crippen molar-refractivity contribution in [3.63, 3.8) is 0 Å². The summed E-state index contributed by atoms with van der Waals surface area (Å²) in [6, 6.07) is 11.6. The minimum absolute atomic E-state index is 0.128. The van der Waals surface area contributed by atoms with Gasteiger partial charge in [-0.2, -0.15) is 0 Å². The number of amides is 1. The Morgan fingerprint density at radius 1 is 1.02 bits per heavy atom. The number of anilines is 1. The Bertz CT molecular complexity index is 1640. The van der Waals surface area contributed by atoms with Gasteiger partial charge < -0.3 is 19.6 Å². The molecule has 8 nitrogen and oxygen atoms in total. The molecule has 0 aromatic heterocycles. The number of nitrogens with zero attached hydrogens (tertiary/aromatic N) is 2. The van der Waals surface area contributed by atoms with Crippen LogP contribution in [0.2, 0.25) is 5.02 Å². The maximum absolute atomic E-state index is 13.6. The molecule has 2 aliphatic carbocycles. The van der Waals surface area contributed by atoms with Crippen molar-refractivity contribution in [1.29, 1.82) is 0 Å². The number of carbonyl (C=O) groups excluding carboxylic acids is 1. The zero-order valence-corrected chi connectivity index (χ0v) is 30.9. The number of aliphatic hydroxyl groups excluding tert-OH is 1. The number of fused-ring (bicyclic) bond motifs is 4. The summed E-state index contributed by atoms with van der Waals surface area (Å²) in [5, 5.41) is 12.1. The minimum Gasteiger partial charge on any atom is -0.490 e. The summed E-state index contributed by atoms with van der Waals surface area (Å²) in [5.74, 6) is 1.27. The van der Waals surface area contributed by atoms with Gasteiger partial charge in [0, 0.05) is 29.1 Å². The third-order valence-corrected chi connectivity index (χ3v) is 15.3. The van der Waals surface area contributed by atoms with Crippen molar-refractivity contribution in [1.82, 2.24) is 9.62 Å². The van der Waals surface area contributed by atoms with E-state index >= 15 is 0 Å². The standard InChI is InChI=1S/C39H54ClN3O5S/c1-25-6-4-8-33(37(44)27-15-18-42(3)19-16-27)32-12-9-30(32)22-43-23-39(17-5-7-28-20-31(40)11-13-34(28)39)24-48-36-14-10-29(21-35(36)43)38(45)41-49(46,47)26(25)2/h10-11,13-14,20-21,25-27,30,32-33,37,44H,4-9,12,15-19,22-24H2,1-3H3,(H,41,45)/t25-,26+,30-,32+,33-,37+,39-/m0/s1. The van der Waals surface area contributed by atoms with Crippen LogP contribution in [-0.4, -0.2) is 75.5 Å². The molecule has 1 spiro atoms. The average Bonchev–Trinajstić information content (AvgIpc) is 3.21. The van der Waals surface area contributed by atoms with E-state index in [-0.39, 0.29) is 23.4 Å². The number of likely N-dealkylation sites (tertiary alicyclic amines) is 1. The van der Waals surface area contributed by atoms with Crippen molar-refractivity contribution in [3.8, 4) is 5.75 Å². The molecule has 1 saturated heterocycles. The van der Waals surface area contributed by atoms with Crippen LogP contribution in [0, 0.1) is 29.6 Å². The van der Waals surface area contributed by atoms with Crippen LogP contribution in [0.15, 0.2) is 36.4 Å². The van der Waals surface area contributed by atoms with Crippen LogP contribution in [0.25, 0.3) is 0 Å². The van der Waals surface area contributed by atoms with E-state index in [1.165, 1.54) is 11.1 Å². The second-order valence-electron chi connectivity index (χ2n) is 16.2. The minimum atomic E-state index is -3.91. The Morgan fingerprint density at radius 2 is 1.82 bits per heavy atom. The molecule has 1 saturated carbocycles. The van der Waals surface area contributed by atoms with Gasteiger partial charge in [-0.3, -0.25) is 4.79 Å². The second-order valence-corrected chi connectivity index (χ2v) is 18.6. The highest BCUT2D eigenvalue weighted by atomic mass is 35.5. The van der Waals surface area contributed by atoms with E-state index in [0.717, 1.165) is 107 Å². The molecule has 268 valence electrons. The average molecular weight is 712 g/mol. The fraction of sp³-hybridized carbons (Fsp3) is 0.667. The first-order valence-electron chi connectivity index (χ1n) is 18.7. The molecule has 2 aromatic rings. The van der Waals surface area contributed by atoms with Crippen LogP contribution in [0.3, 0.4) is 0 Å². The summed E-state index contributed by atoms with van der Waals surface area (Å²) in [6.07, 6.45) is 9.38. The molecule has 10 heteroatoms. The molecule has 49 heavy (non-hydrogen) atoms. The topological polar surface area (TPSA) is 99.2 Å². The van der Waals surface area contributed by atoms with Crippen molar-refractivity contribution < 1.29 is 23.1 Å². The molecule has 2 N–H and O–H groups in total. The Labute approximate surface area is 298 Å². The van der Waals surface area contributed by atoms with Crippen molar-refractivity contribution in [2.24, 2.45) is 29.6 Å². The van der Waals surface area contributed by atoms with E-state index in [2.05, 4.69) is 33.7 Å². The first kappa shape index (κ1) is 35.1. The zero-order valence-electron chi connectivity index (χ0n) is 29.4. The third kappa shape index (κ3) is 6.98. The molecular weight excluding hydrogens is 658 g/mol. The third-order valence-electron chi connectivity index (χ3n) is 13.2. The normalized spacial score (nSPS) is 33.3. The highest BCUT2D eigenvalue weighted by Gasteiger charge is 2.46. The fourth-order valence-electron chi connectivity index (χ4n) is 9.78. The van der Waals surface area contributed by atoms with Gasteiger partial charge in [-0.25, -0.2) is 13.1 Å². The van der Waals surface area contributed by atoms with Crippen LogP contribution < -0.4 is 14.4 Å². The monoisotopic (exact) mass is 711 g/mol. The van der Waals surface area contributed by atoms with Crippen molar-refractivity contribution >= 4 is 33.2 Å². The second kappa shape index (κ2) is 14.0. The van der Waals surface area contributed by atoms with E-state index in [9.17, 15) is 18.3 Å². The van der Waals surface area contributed by atoms with Crippen molar-refractivity contribution in [3.05, 3.63) is 58.1 Å². The molecule has 7 rings (SSSR count). The van der Waals surface area contributed by atoms with Gasteiger partial charge in [0.15, 0.2) is 0 Å². The molecule has 3 aliphatic heterocycles. The number of nitrogens with one attached hydrogen (secondary N) is 1. The predicted molar refractivity (Wildman–Crippen MR) is 195 cm³/mol. The van der Waals surface area contributed by atoms with Crippen LogP contribution in [0.1, 0.15) is 93.1 Å². The lowest BCUT2D eigenvalue weighted by Gasteiger charge is -2.49. The van der Waals surface area contributed by atoms with Gasteiger partial charge in [0.05, 0.1) is 23.6 Å². The van der Waals surface area contributed by atoms with Gasteiger partial charge in [-0.1, -0.05) is 31.0 Å². The first-order chi connectivity index (χ1) is 23.4. The number of halogens is 1. The zero-order chi connectivity index (χ0) is 34.5. The van der Waals surface area contributed by atoms with Gasteiger partial charge in [0.25, 0.3) is 5.91 Å². The van der Waals surface area contributed by atoms with E-state index < -0.39 is 21.2 Å². The van der Waals surface area contributed by atoms with Crippen LogP contribution >= 0.6 is 11.6 Å². The lowest BCUT2D eigenvalue weighted by atomic mass is 9.62. The SMILES string of the molecule is C[C@@H]1[C@@H](C)CCC[C@H]([C@H](O)C2CCN(C)CC2)[C@@H]2CC[C@H]2CN2C[C@@]3(CCCc4cc(Cl)ccc43)COc3ccc(cc32)C(=O)NS1(=O)=O. The van der Waals surface area contributed by atoms with Crippen LogP contribution in [-0.2, 0) is 21.9 Å². The first-order valence-corrected chi connectivity index (χ1v) is 20.6. The summed E-state index contributed by atoms with van der Waals surface area (Å²) in [5.41, 5.74) is 3.47. The summed E-state index contributed by atoms with van der Waals surface area (Å²) >= 11 is 6.47. The number of carbonyl (C=O) groups is 1. The number of benzene rings is 2. The molecule has 0 unspecified atom stereocenters. The van der Waals surface area contributed by atoms with Gasteiger partial charge in [-0.15, -0.1) is 0 Å². The molecule has 0 radical (unpaired) electrons. The number of aliphatic hydroxyl groups is 1. The lowest BCUT2D eigenvalue weighted by Crippen LogP contribution is -2.50. The quantitative estimate of drug-likeness (QED) is 0.371. The highest BCUT2D eigenvalue weighted by molar-refractivity contribution is 7.90. The Hall–Kier alpha value is -2.33. The molecular formula is C39H54ClN3O5S. The summed E-state index contributed by atoms with van der Waals surface area (Å²) in [7, 11) is -1.74. The summed E-state index contributed by atoms with van der Waals surface area (Å²) in [6.45, 7) is 7.77.